The maximum atomic E-state index is 2.90. The first kappa shape index (κ1) is 56.5. The minimum atomic E-state index is -0.334. The van der Waals surface area contributed by atoms with Gasteiger partial charge in [-0.25, -0.2) is 0 Å². The Morgan fingerprint density at radius 2 is 0.878 bits per heavy atom. The first-order valence-corrected chi connectivity index (χ1v) is 31.3. The van der Waals surface area contributed by atoms with Gasteiger partial charge >= 0.3 is 0 Å². The van der Waals surface area contributed by atoms with Crippen molar-refractivity contribution < 1.29 is 0 Å². The quantitative estimate of drug-likeness (QED) is 0.163. The molecule has 1 saturated carbocycles. The third-order valence-electron chi connectivity index (χ3n) is 22.4. The average Bonchev–Trinajstić information content (AvgIpc) is 1.43. The Kier molecular flexibility index (Phi) is 12.2. The maximum Gasteiger partial charge on any atom is 0.252 e. The Labute approximate surface area is 496 Å². The highest BCUT2D eigenvalue weighted by Crippen LogP contribution is 2.72. The minimum absolute atomic E-state index is 0.00336. The molecular weight excluding hydrogens is 990 g/mol. The van der Waals surface area contributed by atoms with Crippen molar-refractivity contribution in [3.63, 3.8) is 0 Å². The zero-order valence-electron chi connectivity index (χ0n) is 54.4. The molecular formula is C78H96BN3. The summed E-state index contributed by atoms with van der Waals surface area (Å²) in [5.74, 6) is 0. The Morgan fingerprint density at radius 1 is 0.366 bits per heavy atom. The van der Waals surface area contributed by atoms with Crippen LogP contribution in [0.4, 0.5) is 45.5 Å². The van der Waals surface area contributed by atoms with Crippen LogP contribution in [-0.4, -0.2) is 12.3 Å². The van der Waals surface area contributed by atoms with E-state index in [0.717, 1.165) is 25.7 Å². The number of benzene rings is 7. The number of hydrogen-bond donors (Lipinski definition) is 0. The van der Waals surface area contributed by atoms with E-state index >= 15 is 0 Å². The summed E-state index contributed by atoms with van der Waals surface area (Å²) < 4.78 is 0. The van der Waals surface area contributed by atoms with Crippen molar-refractivity contribution in [2.45, 2.75) is 221 Å². The lowest BCUT2D eigenvalue weighted by molar-refractivity contribution is -0.0415. The van der Waals surface area contributed by atoms with Crippen LogP contribution in [0, 0.1) is 10.8 Å². The van der Waals surface area contributed by atoms with E-state index in [1.807, 2.05) is 0 Å². The summed E-state index contributed by atoms with van der Waals surface area (Å²) in [5, 5.41) is 0. The fourth-order valence-corrected chi connectivity index (χ4v) is 16.2. The van der Waals surface area contributed by atoms with Crippen LogP contribution in [0.1, 0.15) is 217 Å². The lowest BCUT2D eigenvalue weighted by Gasteiger charge is -2.65. The van der Waals surface area contributed by atoms with Crippen molar-refractivity contribution in [3.05, 3.63) is 172 Å². The van der Waals surface area contributed by atoms with Crippen molar-refractivity contribution >= 4 is 68.6 Å². The maximum absolute atomic E-state index is 2.90. The van der Waals surface area contributed by atoms with Gasteiger partial charge < -0.3 is 14.7 Å². The molecule has 0 amide bonds. The molecule has 3 heterocycles. The number of anilines is 8. The lowest BCUT2D eigenvalue weighted by atomic mass is 9.33. The summed E-state index contributed by atoms with van der Waals surface area (Å²) in [6.45, 7) is 54.1. The van der Waals surface area contributed by atoms with Crippen LogP contribution in [0.15, 0.2) is 133 Å². The van der Waals surface area contributed by atoms with Crippen LogP contribution in [0.5, 0.6) is 0 Å². The fraction of sp³-hybridized carbons (Fsp3) is 0.462. The van der Waals surface area contributed by atoms with Crippen molar-refractivity contribution in [3.8, 4) is 11.1 Å². The number of rotatable bonds is 4. The van der Waals surface area contributed by atoms with Gasteiger partial charge in [0.15, 0.2) is 0 Å². The molecule has 1 fully saturated rings. The summed E-state index contributed by atoms with van der Waals surface area (Å²) >= 11 is 0. The SMILES string of the molecule is CC(C)(C)c1cccc(N2c3cc(C(C)(C)C)ccc3B3c4cc5c(cc4N(c4ccc(C(C)(C)C)cc4-c4ccccc4)c4cc(N6c7ccc(C(C)(C)C)cc7C7(C)C(C)(C)CCC(C)(C)C67C)cc2c43)C(C)(C)CCC5(C)C)c1. The molecule has 0 N–H and O–H groups in total. The Hall–Kier alpha value is -6.00. The molecule has 2 unspecified atom stereocenters. The molecule has 7 aromatic rings. The zero-order chi connectivity index (χ0) is 59.2. The van der Waals surface area contributed by atoms with Crippen molar-refractivity contribution in [2.24, 2.45) is 10.8 Å². The normalized spacial score (nSPS) is 22.0. The average molecular weight is 1090 g/mol. The molecule has 426 valence electrons. The highest BCUT2D eigenvalue weighted by Gasteiger charge is 2.70. The predicted octanol–water partition coefficient (Wildman–Crippen LogP) is 20.0. The number of fused-ring (bicyclic) bond motifs is 8. The topological polar surface area (TPSA) is 9.72 Å². The Bertz CT molecular complexity index is 3750. The van der Waals surface area contributed by atoms with Gasteiger partial charge in [0, 0.05) is 50.8 Å². The van der Waals surface area contributed by atoms with Gasteiger partial charge in [0.1, 0.15) is 0 Å². The molecule has 0 aromatic heterocycles. The van der Waals surface area contributed by atoms with Gasteiger partial charge in [-0.1, -0.05) is 224 Å². The van der Waals surface area contributed by atoms with Gasteiger partial charge in [0.25, 0.3) is 6.71 Å². The smallest absolute Gasteiger partial charge is 0.252 e. The molecule has 0 saturated heterocycles. The highest BCUT2D eigenvalue weighted by molar-refractivity contribution is 7.00. The predicted molar refractivity (Wildman–Crippen MR) is 357 cm³/mol. The van der Waals surface area contributed by atoms with Gasteiger partial charge in [0.05, 0.1) is 11.2 Å². The second-order valence-corrected chi connectivity index (χ2v) is 33.2. The Morgan fingerprint density at radius 3 is 1.49 bits per heavy atom. The van der Waals surface area contributed by atoms with Crippen molar-refractivity contribution in [2.75, 3.05) is 14.7 Å². The van der Waals surface area contributed by atoms with Gasteiger partial charge in [-0.05, 0) is 191 Å². The van der Waals surface area contributed by atoms with Crippen LogP contribution < -0.4 is 31.1 Å². The van der Waals surface area contributed by atoms with E-state index in [9.17, 15) is 0 Å². The Balaban J connectivity index is 1.29. The summed E-state index contributed by atoms with van der Waals surface area (Å²) in [7, 11) is 0. The standard InChI is InChI=1S/C78H96BN3/c1-69(2,3)50-29-26-30-54(41-50)80-64-44-53(72(10,11)12)31-34-60(64)79-61-47-57-58(74(15,16)38-37-73(57,13)14)48-65(61)81(62-35-32-51(70(4,5)6)42-56(62)49-27-24-23-25-28-49)67-46-55(45-66(80)68(67)79)82-63-36-33-52(71(7,8)9)43-59(63)77(21)75(17,18)39-40-76(19,20)78(77,82)22/h23-36,41-48H,37-40H2,1-22H3. The summed E-state index contributed by atoms with van der Waals surface area (Å²) in [6.07, 6.45) is 4.59. The summed E-state index contributed by atoms with van der Waals surface area (Å²) in [5.41, 5.74) is 25.8. The molecule has 2 atom stereocenters. The van der Waals surface area contributed by atoms with Gasteiger partial charge in [-0.2, -0.15) is 0 Å². The zero-order valence-corrected chi connectivity index (χ0v) is 54.4. The van der Waals surface area contributed by atoms with E-state index in [4.69, 9.17) is 0 Å². The molecule has 3 aliphatic heterocycles. The molecule has 7 aromatic carbocycles. The van der Waals surface area contributed by atoms with E-state index < -0.39 is 0 Å². The van der Waals surface area contributed by atoms with Crippen LogP contribution in [0.3, 0.4) is 0 Å². The largest absolute Gasteiger partial charge is 0.334 e. The van der Waals surface area contributed by atoms with Crippen LogP contribution in [0.2, 0.25) is 0 Å². The molecule has 82 heavy (non-hydrogen) atoms. The molecule has 3 nitrogen and oxygen atoms in total. The molecule has 0 radical (unpaired) electrons. The second kappa shape index (κ2) is 17.8. The monoisotopic (exact) mass is 1090 g/mol. The molecule has 0 spiro atoms. The van der Waals surface area contributed by atoms with Crippen LogP contribution in [0.25, 0.3) is 11.1 Å². The van der Waals surface area contributed by atoms with E-state index in [2.05, 4.69) is 300 Å². The first-order valence-electron chi connectivity index (χ1n) is 31.3. The molecule has 0 bridgehead atoms. The van der Waals surface area contributed by atoms with Crippen LogP contribution in [-0.2, 0) is 37.9 Å². The van der Waals surface area contributed by atoms with Gasteiger partial charge in [0.2, 0.25) is 0 Å². The van der Waals surface area contributed by atoms with Crippen molar-refractivity contribution in [1.82, 2.24) is 0 Å². The van der Waals surface area contributed by atoms with E-state index in [1.165, 1.54) is 112 Å². The molecule has 12 rings (SSSR count). The third kappa shape index (κ3) is 8.15. The third-order valence-corrected chi connectivity index (χ3v) is 22.4. The summed E-state index contributed by atoms with van der Waals surface area (Å²) in [4.78, 5) is 8.39. The van der Waals surface area contributed by atoms with Crippen LogP contribution >= 0.6 is 0 Å². The highest BCUT2D eigenvalue weighted by atomic mass is 15.3. The number of nitrogens with zero attached hydrogens (tertiary/aromatic N) is 3. The summed E-state index contributed by atoms with van der Waals surface area (Å²) in [6, 6.07) is 54.2. The van der Waals surface area contributed by atoms with Gasteiger partial charge in [-0.15, -0.1) is 0 Å². The molecule has 2 aliphatic carbocycles. The molecule has 5 aliphatic rings. The van der Waals surface area contributed by atoms with E-state index in [1.54, 1.807) is 0 Å². The van der Waals surface area contributed by atoms with Gasteiger partial charge in [-0.3, -0.25) is 0 Å². The lowest BCUT2D eigenvalue weighted by Crippen LogP contribution is -2.69. The fourth-order valence-electron chi connectivity index (χ4n) is 16.2. The minimum Gasteiger partial charge on any atom is -0.334 e. The van der Waals surface area contributed by atoms with Crippen molar-refractivity contribution in [1.29, 1.82) is 0 Å². The second-order valence-electron chi connectivity index (χ2n) is 33.2. The van der Waals surface area contributed by atoms with E-state index in [0.29, 0.717) is 0 Å². The molecule has 4 heteroatoms. The number of hydrogen-bond acceptors (Lipinski definition) is 3. The van der Waals surface area contributed by atoms with E-state index in [-0.39, 0.29) is 61.0 Å². The first-order chi connectivity index (χ1) is 37.9.